The van der Waals surface area contributed by atoms with Crippen molar-refractivity contribution in [2.45, 2.75) is 12.7 Å². The van der Waals surface area contributed by atoms with Gasteiger partial charge in [-0.2, -0.15) is 13.2 Å². The van der Waals surface area contributed by atoms with E-state index in [9.17, 15) is 13.2 Å². The van der Waals surface area contributed by atoms with Crippen molar-refractivity contribution in [3.63, 3.8) is 0 Å². The summed E-state index contributed by atoms with van der Waals surface area (Å²) in [4.78, 5) is 7.31. The molecule has 0 unspecified atom stereocenters. The summed E-state index contributed by atoms with van der Waals surface area (Å²) in [5.41, 5.74) is -0.223. The first-order chi connectivity index (χ1) is 6.57. The van der Waals surface area contributed by atoms with Gasteiger partial charge in [-0.15, -0.1) is 0 Å². The van der Waals surface area contributed by atoms with Crippen molar-refractivity contribution in [2.75, 3.05) is 5.32 Å². The van der Waals surface area contributed by atoms with Crippen molar-refractivity contribution in [3.8, 4) is 0 Å². The summed E-state index contributed by atoms with van der Waals surface area (Å²) in [6.45, 7) is 0.369. The minimum atomic E-state index is -4.40. The fraction of sp³-hybridized carbons (Fsp3) is 0.250. The van der Waals surface area contributed by atoms with Crippen molar-refractivity contribution in [1.29, 1.82) is 0 Å². The van der Waals surface area contributed by atoms with Gasteiger partial charge in [0, 0.05) is 5.56 Å². The number of anilines is 1. The Labute approximate surface area is 77.7 Å². The zero-order valence-corrected chi connectivity index (χ0v) is 6.97. The van der Waals surface area contributed by atoms with E-state index in [1.54, 1.807) is 0 Å². The molecule has 1 N–H and O–H groups in total. The van der Waals surface area contributed by atoms with E-state index >= 15 is 0 Å². The highest BCUT2D eigenvalue weighted by atomic mass is 19.4. The second-order valence-electron chi connectivity index (χ2n) is 2.82. The van der Waals surface area contributed by atoms with Crippen LogP contribution in [0.5, 0.6) is 0 Å². The quantitative estimate of drug-likeness (QED) is 0.697. The molecule has 3 nitrogen and oxygen atoms in total. The maximum Gasteiger partial charge on any atom is 0.433 e. The first-order valence-electron chi connectivity index (χ1n) is 3.89. The highest BCUT2D eigenvalue weighted by molar-refractivity contribution is 5.77. The minimum Gasteiger partial charge on any atom is -0.331 e. The molecular formula is C8H6F3N3. The Balaban J connectivity index is 2.41. The maximum atomic E-state index is 12.2. The predicted octanol–water partition coefficient (Wildman–Crippen LogP) is 2.05. The summed E-state index contributed by atoms with van der Waals surface area (Å²) in [6, 6.07) is 2.34. The molecule has 74 valence electrons. The molecule has 1 aliphatic heterocycles. The lowest BCUT2D eigenvalue weighted by atomic mass is 10.2. The van der Waals surface area contributed by atoms with Gasteiger partial charge in [-0.3, -0.25) is 4.99 Å². The standard InChI is InChI=1S/C8H6F3N3/c9-8(10,11)6-2-1-5-3-12-4-13-7(5)14-6/h1-2,4H,3H2,(H,12,13,14). The summed E-state index contributed by atoms with van der Waals surface area (Å²) in [5, 5.41) is 2.57. The molecule has 0 fully saturated rings. The lowest BCUT2D eigenvalue weighted by Gasteiger charge is -2.13. The number of hydrogen-bond donors (Lipinski definition) is 1. The summed E-state index contributed by atoms with van der Waals surface area (Å²) < 4.78 is 36.7. The molecule has 0 bridgehead atoms. The number of rotatable bonds is 0. The topological polar surface area (TPSA) is 37.3 Å². The van der Waals surface area contributed by atoms with Crippen molar-refractivity contribution in [3.05, 3.63) is 23.4 Å². The molecule has 2 rings (SSSR count). The second-order valence-corrected chi connectivity index (χ2v) is 2.82. The lowest BCUT2D eigenvalue weighted by Crippen LogP contribution is -2.13. The van der Waals surface area contributed by atoms with Gasteiger partial charge in [0.25, 0.3) is 0 Å². The van der Waals surface area contributed by atoms with Crippen LogP contribution in [0, 0.1) is 0 Å². The number of alkyl halides is 3. The van der Waals surface area contributed by atoms with Crippen LogP contribution in [0.2, 0.25) is 0 Å². The van der Waals surface area contributed by atoms with Crippen LogP contribution in [-0.2, 0) is 12.7 Å². The molecule has 0 amide bonds. The van der Waals surface area contributed by atoms with Crippen molar-refractivity contribution in [2.24, 2.45) is 4.99 Å². The number of nitrogens with zero attached hydrogens (tertiary/aromatic N) is 2. The predicted molar refractivity (Wildman–Crippen MR) is 45.1 cm³/mol. The molecule has 0 saturated heterocycles. The van der Waals surface area contributed by atoms with Gasteiger partial charge in [-0.25, -0.2) is 4.98 Å². The Kier molecular flexibility index (Phi) is 1.90. The summed E-state index contributed by atoms with van der Waals surface area (Å²) in [7, 11) is 0. The molecule has 1 aromatic heterocycles. The van der Waals surface area contributed by atoms with E-state index in [2.05, 4.69) is 15.3 Å². The highest BCUT2D eigenvalue weighted by Crippen LogP contribution is 2.29. The number of halogens is 3. The van der Waals surface area contributed by atoms with Crippen molar-refractivity contribution >= 4 is 12.2 Å². The van der Waals surface area contributed by atoms with Crippen LogP contribution in [0.1, 0.15) is 11.3 Å². The largest absolute Gasteiger partial charge is 0.433 e. The molecule has 0 atom stereocenters. The smallest absolute Gasteiger partial charge is 0.331 e. The number of nitrogens with one attached hydrogen (secondary N) is 1. The Hall–Kier alpha value is -1.59. The Morgan fingerprint density at radius 3 is 2.79 bits per heavy atom. The highest BCUT2D eigenvalue weighted by Gasteiger charge is 2.33. The van der Waals surface area contributed by atoms with Gasteiger partial charge in [0.1, 0.15) is 11.5 Å². The first-order valence-corrected chi connectivity index (χ1v) is 3.89. The van der Waals surface area contributed by atoms with Crippen molar-refractivity contribution < 1.29 is 13.2 Å². The normalized spacial score (nSPS) is 14.8. The van der Waals surface area contributed by atoms with E-state index in [4.69, 9.17) is 0 Å². The third kappa shape index (κ3) is 1.55. The van der Waals surface area contributed by atoms with Gasteiger partial charge in [-0.1, -0.05) is 6.07 Å². The molecule has 0 spiro atoms. The Bertz CT molecular complexity index is 384. The van der Waals surface area contributed by atoms with E-state index in [0.29, 0.717) is 12.1 Å². The third-order valence-electron chi connectivity index (χ3n) is 1.82. The molecule has 0 saturated carbocycles. The molecule has 6 heteroatoms. The number of pyridine rings is 1. The molecule has 2 heterocycles. The average Bonchev–Trinajstić information content (AvgIpc) is 2.16. The van der Waals surface area contributed by atoms with Crippen molar-refractivity contribution in [1.82, 2.24) is 4.98 Å². The number of fused-ring (bicyclic) bond motifs is 1. The van der Waals surface area contributed by atoms with Crippen LogP contribution in [0.4, 0.5) is 19.0 Å². The van der Waals surface area contributed by atoms with Crippen LogP contribution in [-0.4, -0.2) is 11.3 Å². The van der Waals surface area contributed by atoms with Gasteiger partial charge in [-0.05, 0) is 6.07 Å². The van der Waals surface area contributed by atoms with Crippen LogP contribution in [0.25, 0.3) is 0 Å². The van der Waals surface area contributed by atoms with Gasteiger partial charge >= 0.3 is 6.18 Å². The zero-order valence-electron chi connectivity index (χ0n) is 6.97. The number of aromatic nitrogens is 1. The summed E-state index contributed by atoms with van der Waals surface area (Å²) >= 11 is 0. The molecule has 1 aromatic rings. The fourth-order valence-corrected chi connectivity index (χ4v) is 1.15. The molecule has 1 aliphatic rings. The third-order valence-corrected chi connectivity index (χ3v) is 1.82. The van der Waals surface area contributed by atoms with Crippen LogP contribution < -0.4 is 5.32 Å². The first kappa shape index (κ1) is 8.98. The van der Waals surface area contributed by atoms with E-state index in [1.807, 2.05) is 0 Å². The lowest BCUT2D eigenvalue weighted by molar-refractivity contribution is -0.141. The monoisotopic (exact) mass is 201 g/mol. The Morgan fingerprint density at radius 2 is 2.07 bits per heavy atom. The molecule has 14 heavy (non-hydrogen) atoms. The molecule has 0 aliphatic carbocycles. The Morgan fingerprint density at radius 1 is 1.29 bits per heavy atom. The zero-order chi connectivity index (χ0) is 10.2. The van der Waals surface area contributed by atoms with E-state index in [1.165, 1.54) is 12.4 Å². The average molecular weight is 201 g/mol. The van der Waals surface area contributed by atoms with Crippen LogP contribution in [0.3, 0.4) is 0 Å². The summed E-state index contributed by atoms with van der Waals surface area (Å²) in [6.07, 6.45) is -3.05. The summed E-state index contributed by atoms with van der Waals surface area (Å²) in [5.74, 6) is 0.231. The SMILES string of the molecule is FC(F)(F)c1ccc2c(n1)NC=NC2. The van der Waals surface area contributed by atoms with Crippen LogP contribution >= 0.6 is 0 Å². The minimum absolute atomic E-state index is 0.231. The second kappa shape index (κ2) is 2.97. The maximum absolute atomic E-state index is 12.2. The van der Waals surface area contributed by atoms with Gasteiger partial charge < -0.3 is 5.32 Å². The molecule has 0 aromatic carbocycles. The molecule has 0 radical (unpaired) electrons. The number of hydrogen-bond acceptors (Lipinski definition) is 3. The van der Waals surface area contributed by atoms with E-state index in [0.717, 1.165) is 6.07 Å². The van der Waals surface area contributed by atoms with Gasteiger partial charge in [0.2, 0.25) is 0 Å². The van der Waals surface area contributed by atoms with E-state index in [-0.39, 0.29) is 5.82 Å². The van der Waals surface area contributed by atoms with E-state index < -0.39 is 11.9 Å². The van der Waals surface area contributed by atoms with Crippen LogP contribution in [0.15, 0.2) is 17.1 Å². The van der Waals surface area contributed by atoms with Gasteiger partial charge in [0.15, 0.2) is 0 Å². The molecular weight excluding hydrogens is 195 g/mol. The fourth-order valence-electron chi connectivity index (χ4n) is 1.15. The number of aliphatic imine (C=N–C) groups is 1. The van der Waals surface area contributed by atoms with Gasteiger partial charge in [0.05, 0.1) is 12.9 Å².